The van der Waals surface area contributed by atoms with E-state index >= 15 is 0 Å². The Morgan fingerprint density at radius 1 is 1.37 bits per heavy atom. The van der Waals surface area contributed by atoms with Gasteiger partial charge in [0, 0.05) is 6.92 Å². The molecule has 2 rings (SSSR count). The van der Waals surface area contributed by atoms with Crippen LogP contribution in [0.15, 0.2) is 30.3 Å². The standard InChI is InChI=1S/C13H14O5S/c1-9(14)18-12-8-16-11(19-12)7-17-13(15)10-5-3-2-4-6-10/h2-6,11-12H,7-8H2,1H3/t11-,12+/m1/s1. The second-order valence-electron chi connectivity index (χ2n) is 3.90. The van der Waals surface area contributed by atoms with Crippen LogP contribution in [-0.2, 0) is 19.0 Å². The van der Waals surface area contributed by atoms with E-state index in [2.05, 4.69) is 0 Å². The minimum atomic E-state index is -0.388. The zero-order valence-corrected chi connectivity index (χ0v) is 11.2. The zero-order chi connectivity index (χ0) is 13.7. The molecule has 0 aromatic heterocycles. The van der Waals surface area contributed by atoms with Gasteiger partial charge < -0.3 is 14.2 Å². The Kier molecular flexibility index (Phi) is 4.81. The minimum Gasteiger partial charge on any atom is -0.458 e. The third-order valence-corrected chi connectivity index (χ3v) is 3.49. The predicted octanol–water partition coefficient (Wildman–Crippen LogP) is 1.82. The molecule has 102 valence electrons. The molecular formula is C13H14O5S. The van der Waals surface area contributed by atoms with Crippen molar-refractivity contribution in [2.24, 2.45) is 0 Å². The summed E-state index contributed by atoms with van der Waals surface area (Å²) in [6.07, 6.45) is 0. The summed E-state index contributed by atoms with van der Waals surface area (Å²) in [5, 5.41) is 0. The maximum atomic E-state index is 11.7. The topological polar surface area (TPSA) is 61.8 Å². The molecule has 0 N–H and O–H groups in total. The van der Waals surface area contributed by atoms with Crippen LogP contribution in [0.4, 0.5) is 0 Å². The van der Waals surface area contributed by atoms with Gasteiger partial charge in [0.05, 0.1) is 12.2 Å². The van der Waals surface area contributed by atoms with E-state index in [1.807, 2.05) is 6.07 Å². The molecule has 1 aliphatic rings. The highest BCUT2D eigenvalue weighted by atomic mass is 32.2. The van der Waals surface area contributed by atoms with Gasteiger partial charge in [0.25, 0.3) is 0 Å². The SMILES string of the molecule is CC(=O)O[C@@H]1CO[C@@H](COC(=O)c2ccccc2)S1. The number of benzene rings is 1. The average molecular weight is 282 g/mol. The number of esters is 2. The molecule has 5 nitrogen and oxygen atoms in total. The summed E-state index contributed by atoms with van der Waals surface area (Å²) in [4.78, 5) is 22.5. The van der Waals surface area contributed by atoms with E-state index in [0.29, 0.717) is 12.2 Å². The van der Waals surface area contributed by atoms with Crippen LogP contribution in [0.1, 0.15) is 17.3 Å². The molecule has 1 aromatic rings. The number of hydrogen-bond donors (Lipinski definition) is 0. The molecule has 1 aromatic carbocycles. The largest absolute Gasteiger partial charge is 0.458 e. The molecule has 0 saturated carbocycles. The first kappa shape index (κ1) is 13.9. The van der Waals surface area contributed by atoms with Crippen molar-refractivity contribution in [3.05, 3.63) is 35.9 Å². The summed E-state index contributed by atoms with van der Waals surface area (Å²) in [6.45, 7) is 1.80. The van der Waals surface area contributed by atoms with Crippen LogP contribution >= 0.6 is 11.8 Å². The highest BCUT2D eigenvalue weighted by molar-refractivity contribution is 8.00. The molecule has 0 aliphatic carbocycles. The van der Waals surface area contributed by atoms with Crippen molar-refractivity contribution >= 4 is 23.7 Å². The van der Waals surface area contributed by atoms with Gasteiger partial charge in [0.2, 0.25) is 0 Å². The quantitative estimate of drug-likeness (QED) is 0.785. The van der Waals surface area contributed by atoms with Gasteiger partial charge in [-0.3, -0.25) is 4.79 Å². The lowest BCUT2D eigenvalue weighted by molar-refractivity contribution is -0.143. The normalized spacial score (nSPS) is 21.9. The number of carbonyl (C=O) groups excluding carboxylic acids is 2. The summed E-state index contributed by atoms with van der Waals surface area (Å²) in [5.41, 5.74) is -0.114. The molecule has 2 atom stereocenters. The average Bonchev–Trinajstić information content (AvgIpc) is 2.84. The van der Waals surface area contributed by atoms with E-state index < -0.39 is 0 Å². The third kappa shape index (κ3) is 4.25. The molecule has 1 fully saturated rings. The van der Waals surface area contributed by atoms with Gasteiger partial charge in [-0.1, -0.05) is 30.0 Å². The van der Waals surface area contributed by atoms with Crippen LogP contribution in [0.25, 0.3) is 0 Å². The molecule has 1 heterocycles. The van der Waals surface area contributed by atoms with Crippen LogP contribution in [0.2, 0.25) is 0 Å². The van der Waals surface area contributed by atoms with E-state index in [1.165, 1.54) is 18.7 Å². The number of thioether (sulfide) groups is 1. The van der Waals surface area contributed by atoms with Crippen LogP contribution in [0.5, 0.6) is 0 Å². The Balaban J connectivity index is 1.75. The number of hydrogen-bond acceptors (Lipinski definition) is 6. The predicted molar refractivity (Wildman–Crippen MR) is 69.6 cm³/mol. The number of carbonyl (C=O) groups is 2. The summed E-state index contributed by atoms with van der Waals surface area (Å²) < 4.78 is 15.5. The molecule has 6 heteroatoms. The van der Waals surface area contributed by atoms with Gasteiger partial charge in [-0.05, 0) is 12.1 Å². The molecular weight excluding hydrogens is 268 g/mol. The molecule has 0 unspecified atom stereocenters. The first-order valence-corrected chi connectivity index (χ1v) is 6.76. The van der Waals surface area contributed by atoms with Crippen LogP contribution in [-0.4, -0.2) is 36.0 Å². The molecule has 1 saturated heterocycles. The Labute approximate surface area is 115 Å². The fraction of sp³-hybridized carbons (Fsp3) is 0.385. The smallest absolute Gasteiger partial charge is 0.338 e. The Morgan fingerprint density at radius 2 is 2.11 bits per heavy atom. The fourth-order valence-corrected chi connectivity index (χ4v) is 2.56. The van der Waals surface area contributed by atoms with Crippen molar-refractivity contribution in [2.75, 3.05) is 13.2 Å². The van der Waals surface area contributed by atoms with Crippen LogP contribution < -0.4 is 0 Å². The Bertz CT molecular complexity index is 448. The van der Waals surface area contributed by atoms with E-state index in [9.17, 15) is 9.59 Å². The Morgan fingerprint density at radius 3 is 2.79 bits per heavy atom. The highest BCUT2D eigenvalue weighted by Gasteiger charge is 2.29. The zero-order valence-electron chi connectivity index (χ0n) is 10.4. The summed E-state index contributed by atoms with van der Waals surface area (Å²) in [6, 6.07) is 8.75. The van der Waals surface area contributed by atoms with Crippen molar-refractivity contribution in [3.8, 4) is 0 Å². The van der Waals surface area contributed by atoms with Crippen molar-refractivity contribution in [3.63, 3.8) is 0 Å². The van der Waals surface area contributed by atoms with Crippen LogP contribution in [0.3, 0.4) is 0 Å². The van der Waals surface area contributed by atoms with Gasteiger partial charge in [0.1, 0.15) is 12.0 Å². The van der Waals surface area contributed by atoms with Crippen molar-refractivity contribution in [1.82, 2.24) is 0 Å². The summed E-state index contributed by atoms with van der Waals surface area (Å²) in [7, 11) is 0. The first-order valence-electron chi connectivity index (χ1n) is 5.81. The van der Waals surface area contributed by atoms with Crippen molar-refractivity contribution < 1.29 is 23.8 Å². The van der Waals surface area contributed by atoms with Gasteiger partial charge >= 0.3 is 11.9 Å². The second-order valence-corrected chi connectivity index (χ2v) is 5.23. The third-order valence-electron chi connectivity index (χ3n) is 2.38. The maximum Gasteiger partial charge on any atom is 0.338 e. The molecule has 0 radical (unpaired) electrons. The number of rotatable bonds is 4. The monoisotopic (exact) mass is 282 g/mol. The second kappa shape index (κ2) is 6.58. The highest BCUT2D eigenvalue weighted by Crippen LogP contribution is 2.28. The lowest BCUT2D eigenvalue weighted by Gasteiger charge is -2.10. The first-order chi connectivity index (χ1) is 9.15. The van der Waals surface area contributed by atoms with Crippen molar-refractivity contribution in [1.29, 1.82) is 0 Å². The van der Waals surface area contributed by atoms with Gasteiger partial charge in [-0.25, -0.2) is 4.79 Å². The van der Waals surface area contributed by atoms with Crippen molar-refractivity contribution in [2.45, 2.75) is 17.8 Å². The lowest BCUT2D eigenvalue weighted by atomic mass is 10.2. The fourth-order valence-electron chi connectivity index (χ4n) is 1.57. The van der Waals surface area contributed by atoms with E-state index in [1.54, 1.807) is 24.3 Å². The van der Waals surface area contributed by atoms with Gasteiger partial charge in [-0.2, -0.15) is 0 Å². The molecule has 19 heavy (non-hydrogen) atoms. The lowest BCUT2D eigenvalue weighted by Crippen LogP contribution is -2.15. The van der Waals surface area contributed by atoms with E-state index in [0.717, 1.165) is 0 Å². The van der Waals surface area contributed by atoms with Crippen LogP contribution in [0, 0.1) is 0 Å². The molecule has 0 spiro atoms. The molecule has 1 aliphatic heterocycles. The molecule has 0 amide bonds. The maximum absolute atomic E-state index is 11.7. The molecule has 0 bridgehead atoms. The minimum absolute atomic E-state index is 0.135. The summed E-state index contributed by atoms with van der Waals surface area (Å²) >= 11 is 1.33. The van der Waals surface area contributed by atoms with Gasteiger partial charge in [0.15, 0.2) is 5.44 Å². The van der Waals surface area contributed by atoms with E-state index in [-0.39, 0.29) is 29.4 Å². The Hall–Kier alpha value is -1.53. The number of ether oxygens (including phenoxy) is 3. The summed E-state index contributed by atoms with van der Waals surface area (Å²) in [5.74, 6) is -0.733. The van der Waals surface area contributed by atoms with E-state index in [4.69, 9.17) is 14.2 Å². The van der Waals surface area contributed by atoms with Gasteiger partial charge in [-0.15, -0.1) is 0 Å².